The molecule has 0 saturated heterocycles. The maximum atomic E-state index is 9.00. The summed E-state index contributed by atoms with van der Waals surface area (Å²) in [7, 11) is 0. The molecular formula is C8H12ClNO. The molecule has 2 nitrogen and oxygen atoms in total. The summed E-state index contributed by atoms with van der Waals surface area (Å²) in [6.07, 6.45) is 0. The predicted octanol–water partition coefficient (Wildman–Crippen LogP) is 2.25. The minimum absolute atomic E-state index is 0. The molecule has 62 valence electrons. The lowest BCUT2D eigenvalue weighted by Gasteiger charge is -2.01. The van der Waals surface area contributed by atoms with Crippen LogP contribution in [0.15, 0.2) is 24.3 Å². The zero-order chi connectivity index (χ0) is 7.40. The van der Waals surface area contributed by atoms with Crippen LogP contribution >= 0.6 is 12.4 Å². The fourth-order valence-corrected chi connectivity index (χ4v) is 0.820. The highest BCUT2D eigenvalue weighted by Gasteiger charge is 1.88. The Labute approximate surface area is 72.7 Å². The van der Waals surface area contributed by atoms with E-state index in [0.29, 0.717) is 5.75 Å². The Kier molecular flexibility index (Phi) is 4.46. The molecule has 3 heteroatoms. The first-order valence-electron chi connectivity index (χ1n) is 3.36. The quantitative estimate of drug-likeness (QED) is 0.719. The van der Waals surface area contributed by atoms with Gasteiger partial charge in [0.1, 0.15) is 5.75 Å². The SMILES string of the molecule is CCNc1cccc(O)c1.Cl. The van der Waals surface area contributed by atoms with Crippen LogP contribution in [0.4, 0.5) is 5.69 Å². The first kappa shape index (κ1) is 10.1. The summed E-state index contributed by atoms with van der Waals surface area (Å²) in [5, 5.41) is 12.1. The predicted molar refractivity (Wildman–Crippen MR) is 49.5 cm³/mol. The third-order valence-electron chi connectivity index (χ3n) is 1.23. The maximum absolute atomic E-state index is 9.00. The molecular weight excluding hydrogens is 162 g/mol. The van der Waals surface area contributed by atoms with Gasteiger partial charge < -0.3 is 10.4 Å². The van der Waals surface area contributed by atoms with E-state index >= 15 is 0 Å². The van der Waals surface area contributed by atoms with Gasteiger partial charge in [-0.1, -0.05) is 6.07 Å². The average Bonchev–Trinajstić information content (AvgIpc) is 1.88. The molecule has 0 spiro atoms. The number of nitrogens with one attached hydrogen (secondary N) is 1. The van der Waals surface area contributed by atoms with Gasteiger partial charge in [-0.3, -0.25) is 0 Å². The molecule has 0 atom stereocenters. The number of phenolic OH excluding ortho intramolecular Hbond substituents is 1. The van der Waals surface area contributed by atoms with Crippen molar-refractivity contribution < 1.29 is 5.11 Å². The van der Waals surface area contributed by atoms with Crippen molar-refractivity contribution >= 4 is 18.1 Å². The molecule has 0 amide bonds. The van der Waals surface area contributed by atoms with Crippen molar-refractivity contribution in [3.05, 3.63) is 24.3 Å². The fraction of sp³-hybridized carbons (Fsp3) is 0.250. The van der Waals surface area contributed by atoms with Gasteiger partial charge in [-0.2, -0.15) is 0 Å². The number of hydrogen-bond acceptors (Lipinski definition) is 2. The van der Waals surface area contributed by atoms with Crippen LogP contribution < -0.4 is 5.32 Å². The highest BCUT2D eigenvalue weighted by atomic mass is 35.5. The fourth-order valence-electron chi connectivity index (χ4n) is 0.820. The van der Waals surface area contributed by atoms with E-state index in [4.69, 9.17) is 5.11 Å². The van der Waals surface area contributed by atoms with E-state index in [1.165, 1.54) is 0 Å². The Balaban J connectivity index is 0.000001000. The average molecular weight is 174 g/mol. The summed E-state index contributed by atoms with van der Waals surface area (Å²) in [6, 6.07) is 7.08. The molecule has 0 heterocycles. The summed E-state index contributed by atoms with van der Waals surface area (Å²) in [5.41, 5.74) is 0.961. The van der Waals surface area contributed by atoms with Gasteiger partial charge in [-0.15, -0.1) is 12.4 Å². The van der Waals surface area contributed by atoms with Crippen molar-refractivity contribution in [2.75, 3.05) is 11.9 Å². The smallest absolute Gasteiger partial charge is 0.117 e. The Morgan fingerprint density at radius 1 is 1.45 bits per heavy atom. The van der Waals surface area contributed by atoms with E-state index in [2.05, 4.69) is 5.32 Å². The maximum Gasteiger partial charge on any atom is 0.117 e. The number of aromatic hydroxyl groups is 1. The molecule has 0 aliphatic rings. The summed E-state index contributed by atoms with van der Waals surface area (Å²) in [6.45, 7) is 2.90. The summed E-state index contributed by atoms with van der Waals surface area (Å²) in [4.78, 5) is 0. The van der Waals surface area contributed by atoms with E-state index in [0.717, 1.165) is 12.2 Å². The number of anilines is 1. The highest BCUT2D eigenvalue weighted by molar-refractivity contribution is 5.85. The molecule has 1 aromatic rings. The lowest BCUT2D eigenvalue weighted by atomic mass is 10.3. The van der Waals surface area contributed by atoms with Crippen molar-refractivity contribution in [3.63, 3.8) is 0 Å². The lowest BCUT2D eigenvalue weighted by Crippen LogP contribution is -1.94. The summed E-state index contributed by atoms with van der Waals surface area (Å²) < 4.78 is 0. The molecule has 1 rings (SSSR count). The number of halogens is 1. The van der Waals surface area contributed by atoms with Gasteiger partial charge in [0.2, 0.25) is 0 Å². The van der Waals surface area contributed by atoms with Gasteiger partial charge in [0.25, 0.3) is 0 Å². The molecule has 2 N–H and O–H groups in total. The van der Waals surface area contributed by atoms with Crippen molar-refractivity contribution in [1.29, 1.82) is 0 Å². The van der Waals surface area contributed by atoms with Crippen LogP contribution in [-0.2, 0) is 0 Å². The van der Waals surface area contributed by atoms with E-state index in [9.17, 15) is 0 Å². The second-order valence-corrected chi connectivity index (χ2v) is 2.08. The zero-order valence-electron chi connectivity index (χ0n) is 6.37. The molecule has 11 heavy (non-hydrogen) atoms. The second-order valence-electron chi connectivity index (χ2n) is 2.08. The minimum atomic E-state index is 0. The van der Waals surface area contributed by atoms with Crippen LogP contribution in [0.25, 0.3) is 0 Å². The first-order valence-corrected chi connectivity index (χ1v) is 3.36. The molecule has 0 aliphatic heterocycles. The summed E-state index contributed by atoms with van der Waals surface area (Å²) in [5.74, 6) is 0.304. The summed E-state index contributed by atoms with van der Waals surface area (Å²) >= 11 is 0. The third kappa shape index (κ3) is 3.14. The number of benzene rings is 1. The van der Waals surface area contributed by atoms with Gasteiger partial charge in [-0.05, 0) is 19.1 Å². The Bertz CT molecular complexity index is 215. The molecule has 0 saturated carbocycles. The second kappa shape index (κ2) is 4.85. The van der Waals surface area contributed by atoms with Crippen LogP contribution in [0.3, 0.4) is 0 Å². The topological polar surface area (TPSA) is 32.3 Å². The van der Waals surface area contributed by atoms with Crippen LogP contribution in [0.2, 0.25) is 0 Å². The van der Waals surface area contributed by atoms with Gasteiger partial charge >= 0.3 is 0 Å². The largest absolute Gasteiger partial charge is 0.508 e. The molecule has 0 aromatic heterocycles. The molecule has 1 aromatic carbocycles. The van der Waals surface area contributed by atoms with E-state index < -0.39 is 0 Å². The number of rotatable bonds is 2. The third-order valence-corrected chi connectivity index (χ3v) is 1.23. The first-order chi connectivity index (χ1) is 4.83. The van der Waals surface area contributed by atoms with Crippen LogP contribution in [0.5, 0.6) is 5.75 Å². The monoisotopic (exact) mass is 173 g/mol. The van der Waals surface area contributed by atoms with Gasteiger partial charge in [-0.25, -0.2) is 0 Å². The number of hydrogen-bond donors (Lipinski definition) is 2. The van der Waals surface area contributed by atoms with Crippen molar-refractivity contribution in [1.82, 2.24) is 0 Å². The van der Waals surface area contributed by atoms with Crippen LogP contribution in [-0.4, -0.2) is 11.7 Å². The van der Waals surface area contributed by atoms with Gasteiger partial charge in [0.05, 0.1) is 0 Å². The molecule has 0 aliphatic carbocycles. The van der Waals surface area contributed by atoms with E-state index in [1.54, 1.807) is 12.1 Å². The Hall–Kier alpha value is -0.890. The molecule has 0 unspecified atom stereocenters. The Morgan fingerprint density at radius 2 is 2.18 bits per heavy atom. The van der Waals surface area contributed by atoms with Gasteiger partial charge in [0.15, 0.2) is 0 Å². The zero-order valence-corrected chi connectivity index (χ0v) is 7.19. The highest BCUT2D eigenvalue weighted by Crippen LogP contribution is 2.14. The minimum Gasteiger partial charge on any atom is -0.508 e. The van der Waals surface area contributed by atoms with Crippen molar-refractivity contribution in [2.45, 2.75) is 6.92 Å². The van der Waals surface area contributed by atoms with Gasteiger partial charge in [0, 0.05) is 18.3 Å². The normalized spacial score (nSPS) is 8.45. The van der Waals surface area contributed by atoms with E-state index in [1.807, 2.05) is 19.1 Å². The van der Waals surface area contributed by atoms with Crippen molar-refractivity contribution in [2.24, 2.45) is 0 Å². The molecule has 0 radical (unpaired) electrons. The number of phenols is 1. The lowest BCUT2D eigenvalue weighted by molar-refractivity contribution is 0.475. The van der Waals surface area contributed by atoms with Crippen LogP contribution in [0, 0.1) is 0 Å². The van der Waals surface area contributed by atoms with Crippen LogP contribution in [0.1, 0.15) is 6.92 Å². The molecule has 0 bridgehead atoms. The van der Waals surface area contributed by atoms with E-state index in [-0.39, 0.29) is 12.4 Å². The molecule has 0 fully saturated rings. The Morgan fingerprint density at radius 3 is 2.73 bits per heavy atom. The van der Waals surface area contributed by atoms with Crippen molar-refractivity contribution in [3.8, 4) is 5.75 Å². The standard InChI is InChI=1S/C8H11NO.ClH/c1-2-9-7-4-3-5-8(10)6-7;/h3-6,9-10H,2H2,1H3;1H.